The standard InChI is InChI=1S/C40H53N3O16.C27H52N6O11.2CH4/c1-19-14-25-33(34-27(43(3)40(51)58-34)36(54-25)59-37-31(48)28(45)20(2)26(16-44)55-37)57-35(19)56-32-24(42-39(50)53-18-22-12-8-5-9-13-22)15-23(29(46)30(32)47)41-38(49)52-17-21-10-6-4-7-11-21;1-32-16-19(37)23-13(7-12(30)24(43-23)42-22-11(29)6-10(28)17(35)20(22)38)40-25(16)44-26-21(39)18(36)15(14(8-34)41-26)33-9-27(31)4-2-3-5-27;;/h4-13,19-20,23-37,44-48H,14-18H2,1-3H3,(H,41,49)(H,42,50);10-26,32-39H,2-9,28-31H2,1H3;2*1H4/t19?,20-,23-,24?,25+,26?,27?,28+,29?,30-,31?,32-,33?,34?,35+,36?,37-;10-,11?,12?,13+,14?,15-,16?,17?,18+,19?,20-,21?,22-,23?,24+,25?,26-;;/m11../s1. The molecule has 0 aromatic heterocycles. The highest BCUT2D eigenvalue weighted by Gasteiger charge is 2.62. The molecule has 0 bridgehead atoms. The van der Waals surface area contributed by atoms with Crippen LogP contribution in [0.3, 0.4) is 0 Å². The summed E-state index contributed by atoms with van der Waals surface area (Å²) < 4.78 is 77.7. The summed E-state index contributed by atoms with van der Waals surface area (Å²) in [4.78, 5) is 40.3. The van der Waals surface area contributed by atoms with Gasteiger partial charge in [-0.25, -0.2) is 14.4 Å². The highest BCUT2D eigenvalue weighted by Crippen LogP contribution is 2.44. The first kappa shape index (κ1) is 84.2. The molecule has 23 N–H and O–H groups in total. The Morgan fingerprint density at radius 1 is 0.543 bits per heavy atom. The molecule has 2 aromatic carbocycles. The predicted octanol–water partition coefficient (Wildman–Crippen LogP) is -4.30. The van der Waals surface area contributed by atoms with Gasteiger partial charge in [-0.1, -0.05) is 102 Å². The van der Waals surface area contributed by atoms with Gasteiger partial charge >= 0.3 is 18.3 Å². The molecule has 105 heavy (non-hydrogen) atoms. The summed E-state index contributed by atoms with van der Waals surface area (Å²) in [7, 11) is 3.06. The molecule has 3 amide bonds. The van der Waals surface area contributed by atoms with Gasteiger partial charge in [0.05, 0.1) is 73.9 Å². The molecule has 7 saturated heterocycles. The van der Waals surface area contributed by atoms with Crippen molar-refractivity contribution in [1.29, 1.82) is 0 Å². The van der Waals surface area contributed by atoms with Gasteiger partial charge in [0.25, 0.3) is 0 Å². The molecule has 2 aromatic rings. The predicted molar refractivity (Wildman–Crippen MR) is 365 cm³/mol. The number of fused-ring (bicyclic) bond motifs is 4. The Morgan fingerprint density at radius 2 is 1.09 bits per heavy atom. The van der Waals surface area contributed by atoms with Gasteiger partial charge in [0.15, 0.2) is 43.8 Å². The lowest BCUT2D eigenvalue weighted by atomic mass is 9.83. The fourth-order valence-corrected chi connectivity index (χ4v) is 15.6. The Kier molecular flexibility index (Phi) is 29.5. The minimum absolute atomic E-state index is 0. The van der Waals surface area contributed by atoms with E-state index in [-0.39, 0.29) is 53.8 Å². The van der Waals surface area contributed by atoms with E-state index < -0.39 is 245 Å². The second-order valence-electron chi connectivity index (χ2n) is 29.0. The monoisotopic (exact) mass is 1500 g/mol. The molecule has 10 fully saturated rings. The van der Waals surface area contributed by atoms with Crippen LogP contribution in [0.1, 0.15) is 91.2 Å². The molecule has 36 heteroatoms. The summed E-state index contributed by atoms with van der Waals surface area (Å²) in [5, 5.41) is 130. The lowest BCUT2D eigenvalue weighted by Crippen LogP contribution is -2.70. The zero-order chi connectivity index (χ0) is 73.9. The van der Waals surface area contributed by atoms with Crippen LogP contribution in [0.4, 0.5) is 14.4 Å². The van der Waals surface area contributed by atoms with Gasteiger partial charge in [-0.2, -0.15) is 0 Å². The van der Waals surface area contributed by atoms with Crippen molar-refractivity contribution >= 4 is 18.3 Å². The summed E-state index contributed by atoms with van der Waals surface area (Å²) in [6.07, 6.45) is -26.6. The molecule has 7 heterocycles. The number of nitrogens with zero attached hydrogens (tertiary/aromatic N) is 1. The third-order valence-electron chi connectivity index (χ3n) is 21.8. The van der Waals surface area contributed by atoms with Crippen molar-refractivity contribution in [2.24, 2.45) is 34.8 Å². The third kappa shape index (κ3) is 19.0. The highest BCUT2D eigenvalue weighted by molar-refractivity contribution is 5.71. The maximum Gasteiger partial charge on any atom is 0.410 e. The Labute approximate surface area is 609 Å². The van der Waals surface area contributed by atoms with Gasteiger partial charge in [-0.15, -0.1) is 0 Å². The number of nitrogens with two attached hydrogens (primary N) is 4. The third-order valence-corrected chi connectivity index (χ3v) is 21.8. The number of aliphatic hydroxyl groups is 11. The fourth-order valence-electron chi connectivity index (χ4n) is 15.6. The number of benzene rings is 2. The Bertz CT molecular complexity index is 3040. The molecule has 36 nitrogen and oxygen atoms in total. The van der Waals surface area contributed by atoms with Gasteiger partial charge < -0.3 is 162 Å². The van der Waals surface area contributed by atoms with E-state index in [1.807, 2.05) is 12.1 Å². The zero-order valence-corrected chi connectivity index (χ0v) is 57.8. The number of hydrogen-bond donors (Lipinski definition) is 19. The van der Waals surface area contributed by atoms with Crippen molar-refractivity contribution in [3.63, 3.8) is 0 Å². The van der Waals surface area contributed by atoms with Crippen molar-refractivity contribution in [1.82, 2.24) is 26.2 Å². The van der Waals surface area contributed by atoms with E-state index in [1.165, 1.54) is 11.9 Å². The van der Waals surface area contributed by atoms with E-state index in [2.05, 4.69) is 21.3 Å². The van der Waals surface area contributed by atoms with Crippen LogP contribution < -0.4 is 44.2 Å². The largest absolute Gasteiger partial charge is 0.445 e. The summed E-state index contributed by atoms with van der Waals surface area (Å²) in [5.74, 6) is -1.05. The number of carbonyl (C=O) groups excluding carboxylic acids is 3. The first-order chi connectivity index (χ1) is 49.2. The SMILES string of the molecule is C.C.CC1C[C@@H]2OC(O[C@H]3OC(CO)[C@@H](C)[C@H](O)C3O)C3C(OC(=O)N3C)C2O[C@@H]1O[C@@H]1C(NC(=O)OCc2ccccc2)C[C@@H](NC(=O)OCc2ccccc2)C(O)[C@H]1O.CNC1C(O[C@H]2OC(CO)[C@@H](NCC3(N)CCCC3)[C@H](O)C2O)O[C@H]2CC(N)[C@@H](O[C@@H]3C(N)C[C@@H](N)C(O)[C@H]3O)OC2C1O. The van der Waals surface area contributed by atoms with Gasteiger partial charge in [0.2, 0.25) is 0 Å². The number of amides is 3. The lowest BCUT2D eigenvalue weighted by molar-refractivity contribution is -0.378. The maximum absolute atomic E-state index is 13.2. The Morgan fingerprint density at radius 3 is 1.70 bits per heavy atom. The minimum Gasteiger partial charge on any atom is -0.445 e. The van der Waals surface area contributed by atoms with E-state index in [0.717, 1.165) is 36.8 Å². The number of hydrogen-bond acceptors (Lipinski definition) is 33. The van der Waals surface area contributed by atoms with Crippen LogP contribution >= 0.6 is 0 Å². The smallest absolute Gasteiger partial charge is 0.410 e. The zero-order valence-electron chi connectivity index (χ0n) is 57.8. The summed E-state index contributed by atoms with van der Waals surface area (Å²) in [6.45, 7) is 2.83. The highest BCUT2D eigenvalue weighted by atomic mass is 16.8. The van der Waals surface area contributed by atoms with E-state index in [0.29, 0.717) is 6.54 Å². The number of carbonyl (C=O) groups is 3. The van der Waals surface area contributed by atoms with E-state index in [4.69, 9.17) is 84.5 Å². The van der Waals surface area contributed by atoms with E-state index in [9.17, 15) is 70.6 Å². The molecule has 3 saturated carbocycles. The first-order valence-corrected chi connectivity index (χ1v) is 35.4. The van der Waals surface area contributed by atoms with Crippen LogP contribution in [0.25, 0.3) is 0 Å². The number of nitrogens with one attached hydrogen (secondary N) is 4. The fraction of sp³-hybridized carbons (Fsp3) is 0.783. The second-order valence-corrected chi connectivity index (χ2v) is 29.0. The molecule has 10 aliphatic rings. The van der Waals surface area contributed by atoms with Crippen molar-refractivity contribution < 1.29 is 132 Å². The molecule has 0 radical (unpaired) electrons. The van der Waals surface area contributed by atoms with Crippen molar-refractivity contribution in [2.45, 2.75) is 295 Å². The molecule has 0 spiro atoms. The molecule has 596 valence electrons. The molecular weight excluding hydrogens is 1390 g/mol. The van der Waals surface area contributed by atoms with Gasteiger partial charge in [-0.05, 0) is 56.7 Å². The van der Waals surface area contributed by atoms with Gasteiger partial charge in [-0.3, -0.25) is 4.90 Å². The van der Waals surface area contributed by atoms with E-state index >= 15 is 0 Å². The maximum atomic E-state index is 13.2. The summed E-state index contributed by atoms with van der Waals surface area (Å²) in [6, 6.07) is 11.1. The average molecular weight is 1500 g/mol. The number of alkyl carbamates (subject to hydrolysis) is 2. The van der Waals surface area contributed by atoms with Gasteiger partial charge in [0.1, 0.15) is 92.5 Å². The quantitative estimate of drug-likeness (QED) is 0.0558. The normalized spacial score (nSPS) is 43.5. The Balaban J connectivity index is 0.000000249. The van der Waals surface area contributed by atoms with Crippen molar-refractivity contribution in [3.05, 3.63) is 71.8 Å². The lowest BCUT2D eigenvalue weighted by Gasteiger charge is -2.51. The number of rotatable bonds is 20. The molecular formula is C69H113N9O27. The number of ether oxygens (including phenoxy) is 13. The first-order valence-electron chi connectivity index (χ1n) is 35.4. The average Bonchev–Trinajstić information content (AvgIpc) is 1.67. The molecule has 34 atom stereocenters. The van der Waals surface area contributed by atoms with Gasteiger partial charge in [0, 0.05) is 43.1 Å². The van der Waals surface area contributed by atoms with E-state index in [1.54, 1.807) is 69.4 Å². The van der Waals surface area contributed by atoms with Crippen LogP contribution in [0.5, 0.6) is 0 Å². The molecule has 7 aliphatic heterocycles. The van der Waals surface area contributed by atoms with Crippen molar-refractivity contribution in [3.8, 4) is 0 Å². The summed E-state index contributed by atoms with van der Waals surface area (Å²) in [5.41, 5.74) is 25.8. The van der Waals surface area contributed by atoms with Crippen LogP contribution in [-0.4, -0.2) is 315 Å². The van der Waals surface area contributed by atoms with Crippen LogP contribution in [0.15, 0.2) is 60.7 Å². The molecule has 12 rings (SSSR count). The number of likely N-dealkylation sites (N-methyl/N-ethyl adjacent to an activating group) is 2. The van der Waals surface area contributed by atoms with Crippen LogP contribution in [-0.2, 0) is 74.8 Å². The van der Waals surface area contributed by atoms with Crippen LogP contribution in [0, 0.1) is 11.8 Å². The summed E-state index contributed by atoms with van der Waals surface area (Å²) >= 11 is 0. The Hall–Kier alpha value is -4.83. The van der Waals surface area contributed by atoms with Crippen molar-refractivity contribution in [2.75, 3.05) is 33.9 Å². The molecule has 3 aliphatic carbocycles. The minimum atomic E-state index is -1.66. The number of aliphatic hydroxyl groups excluding tert-OH is 11. The second kappa shape index (κ2) is 36.8. The topological polar surface area (TPSA) is 549 Å². The molecule has 18 unspecified atom stereocenters. The van der Waals surface area contributed by atoms with Crippen LogP contribution in [0.2, 0.25) is 0 Å².